The molecule has 0 aromatic rings. The van der Waals surface area contributed by atoms with Crippen LogP contribution < -0.4 is 0 Å². The number of hydrogen-bond acceptors (Lipinski definition) is 10. The Labute approximate surface area is 324 Å². The molecule has 6 unspecified atom stereocenters. The molecule has 1 rings (SSSR count). The van der Waals surface area contributed by atoms with Crippen molar-refractivity contribution < 1.29 is 53.8 Å². The van der Waals surface area contributed by atoms with Crippen molar-refractivity contribution in [2.45, 2.75) is 192 Å². The van der Waals surface area contributed by atoms with Crippen molar-refractivity contribution in [2.75, 3.05) is 13.2 Å². The summed E-state index contributed by atoms with van der Waals surface area (Å²) in [6.45, 7) is 3.64. The highest BCUT2D eigenvalue weighted by atomic mass is 16.7. The van der Waals surface area contributed by atoms with Crippen molar-refractivity contribution >= 4 is 17.9 Å². The normalized spacial score (nSPS) is 21.1. The Morgan fingerprint density at radius 2 is 1.09 bits per heavy atom. The van der Waals surface area contributed by atoms with Crippen LogP contribution in [-0.4, -0.2) is 88.4 Å². The number of esters is 2. The smallest absolute Gasteiger partial charge is 0.335 e. The maximum absolute atomic E-state index is 12.7. The van der Waals surface area contributed by atoms with E-state index in [0.717, 1.165) is 57.8 Å². The number of carbonyl (C=O) groups excluding carboxylic acids is 2. The van der Waals surface area contributed by atoms with E-state index in [1.165, 1.54) is 57.8 Å². The average Bonchev–Trinajstić information content (AvgIpc) is 3.15. The van der Waals surface area contributed by atoms with Crippen LogP contribution in [0.1, 0.15) is 155 Å². The Bertz CT molecular complexity index is 1090. The number of unbranched alkanes of at least 4 members (excludes halogenated alkanes) is 14. The van der Waals surface area contributed by atoms with Crippen LogP contribution in [0.15, 0.2) is 48.6 Å². The van der Waals surface area contributed by atoms with Gasteiger partial charge < -0.3 is 39.4 Å². The number of carboxylic acid groups (broad SMARTS) is 1. The molecule has 0 radical (unpaired) electrons. The summed E-state index contributed by atoms with van der Waals surface area (Å²) in [4.78, 5) is 36.7. The zero-order valence-electron chi connectivity index (χ0n) is 33.2. The first-order valence-electron chi connectivity index (χ1n) is 20.7. The fraction of sp³-hybridized carbons (Fsp3) is 0.744. The molecule has 0 saturated carbocycles. The largest absolute Gasteiger partial charge is 0.479 e. The van der Waals surface area contributed by atoms with Crippen LogP contribution in [0.5, 0.6) is 0 Å². The quantitative estimate of drug-likeness (QED) is 0.0289. The number of allylic oxidation sites excluding steroid dienone is 8. The molecule has 1 heterocycles. The van der Waals surface area contributed by atoms with E-state index in [-0.39, 0.29) is 19.4 Å². The lowest BCUT2D eigenvalue weighted by molar-refractivity contribution is -0.298. The van der Waals surface area contributed by atoms with Crippen LogP contribution in [0.3, 0.4) is 0 Å². The molecule has 1 aliphatic rings. The summed E-state index contributed by atoms with van der Waals surface area (Å²) in [6, 6.07) is 0. The van der Waals surface area contributed by atoms with Gasteiger partial charge in [-0.2, -0.15) is 0 Å². The first-order valence-corrected chi connectivity index (χ1v) is 20.7. The lowest BCUT2D eigenvalue weighted by Crippen LogP contribution is -2.60. The summed E-state index contributed by atoms with van der Waals surface area (Å²) in [5, 5.41) is 39.7. The second-order valence-corrected chi connectivity index (χ2v) is 14.1. The van der Waals surface area contributed by atoms with Crippen LogP contribution in [0.2, 0.25) is 0 Å². The molecule has 0 spiro atoms. The van der Waals surface area contributed by atoms with E-state index in [1.54, 1.807) is 0 Å². The average molecular weight is 765 g/mol. The summed E-state index contributed by atoms with van der Waals surface area (Å²) in [5.41, 5.74) is 0. The Balaban J connectivity index is 2.44. The number of carbonyl (C=O) groups is 3. The molecule has 54 heavy (non-hydrogen) atoms. The predicted molar refractivity (Wildman–Crippen MR) is 211 cm³/mol. The van der Waals surface area contributed by atoms with E-state index in [9.17, 15) is 34.8 Å². The molecule has 0 bridgehead atoms. The third kappa shape index (κ3) is 25.3. The molecule has 0 aromatic carbocycles. The number of rotatable bonds is 33. The van der Waals surface area contributed by atoms with Gasteiger partial charge in [0, 0.05) is 12.8 Å². The molecule has 0 aromatic heterocycles. The molecule has 1 aliphatic heterocycles. The van der Waals surface area contributed by atoms with Gasteiger partial charge in [0.1, 0.15) is 24.9 Å². The van der Waals surface area contributed by atoms with Gasteiger partial charge in [-0.15, -0.1) is 0 Å². The number of aliphatic hydroxyl groups is 3. The summed E-state index contributed by atoms with van der Waals surface area (Å²) in [5.74, 6) is -2.50. The van der Waals surface area contributed by atoms with Crippen LogP contribution in [-0.2, 0) is 33.3 Å². The summed E-state index contributed by atoms with van der Waals surface area (Å²) < 4.78 is 21.6. The lowest BCUT2D eigenvalue weighted by Gasteiger charge is -2.38. The van der Waals surface area contributed by atoms with Crippen molar-refractivity contribution in [2.24, 2.45) is 0 Å². The third-order valence-corrected chi connectivity index (χ3v) is 9.19. The highest BCUT2D eigenvalue weighted by Crippen LogP contribution is 2.23. The fourth-order valence-electron chi connectivity index (χ4n) is 5.93. The number of carboxylic acids is 1. The Morgan fingerprint density at radius 3 is 1.65 bits per heavy atom. The zero-order chi connectivity index (χ0) is 39.7. The van der Waals surface area contributed by atoms with Crippen molar-refractivity contribution in [3.8, 4) is 0 Å². The minimum absolute atomic E-state index is 0.175. The molecule has 11 heteroatoms. The van der Waals surface area contributed by atoms with Gasteiger partial charge in [0.25, 0.3) is 0 Å². The molecule has 11 nitrogen and oxygen atoms in total. The SMILES string of the molecule is CC/C=C\C/C=C\C/C=C\C/C=C\CCCCC(=O)OCC(COC1OC(C(=O)O)C(O)C(O)C1O)OC(=O)CCCCCCCCCCCCCCC. The molecule has 1 saturated heterocycles. The van der Waals surface area contributed by atoms with Crippen LogP contribution in [0.25, 0.3) is 0 Å². The molecule has 0 aliphatic carbocycles. The van der Waals surface area contributed by atoms with Crippen molar-refractivity contribution in [3.05, 3.63) is 48.6 Å². The molecular formula is C43H72O11. The first kappa shape index (κ1) is 49.2. The topological polar surface area (TPSA) is 169 Å². The van der Waals surface area contributed by atoms with E-state index in [4.69, 9.17) is 18.9 Å². The van der Waals surface area contributed by atoms with Crippen LogP contribution in [0, 0.1) is 0 Å². The minimum Gasteiger partial charge on any atom is -0.479 e. The summed E-state index contributed by atoms with van der Waals surface area (Å²) in [6.07, 6.45) is 28.8. The Morgan fingerprint density at radius 1 is 0.593 bits per heavy atom. The number of hydrogen-bond donors (Lipinski definition) is 4. The maximum Gasteiger partial charge on any atom is 0.335 e. The van der Waals surface area contributed by atoms with E-state index < -0.39 is 61.3 Å². The minimum atomic E-state index is -1.87. The highest BCUT2D eigenvalue weighted by Gasteiger charge is 2.47. The van der Waals surface area contributed by atoms with Crippen molar-refractivity contribution in [1.29, 1.82) is 0 Å². The molecule has 4 N–H and O–H groups in total. The summed E-state index contributed by atoms with van der Waals surface area (Å²) in [7, 11) is 0. The van der Waals surface area contributed by atoms with Gasteiger partial charge in [-0.1, -0.05) is 140 Å². The van der Waals surface area contributed by atoms with Gasteiger partial charge in [0.15, 0.2) is 18.5 Å². The summed E-state index contributed by atoms with van der Waals surface area (Å²) >= 11 is 0. The maximum atomic E-state index is 12.7. The van der Waals surface area contributed by atoms with Gasteiger partial charge in [0.05, 0.1) is 6.61 Å². The van der Waals surface area contributed by atoms with Gasteiger partial charge in [-0.05, 0) is 51.4 Å². The second-order valence-electron chi connectivity index (χ2n) is 14.1. The molecule has 0 amide bonds. The van der Waals surface area contributed by atoms with Crippen LogP contribution >= 0.6 is 0 Å². The predicted octanol–water partition coefficient (Wildman–Crippen LogP) is 8.20. The van der Waals surface area contributed by atoms with Gasteiger partial charge in [-0.3, -0.25) is 9.59 Å². The van der Waals surface area contributed by atoms with E-state index in [2.05, 4.69) is 62.5 Å². The van der Waals surface area contributed by atoms with Gasteiger partial charge in [-0.25, -0.2) is 4.79 Å². The zero-order valence-corrected chi connectivity index (χ0v) is 33.2. The molecule has 6 atom stereocenters. The standard InChI is InChI=1S/C43H72O11/c1-3-5-7-9-11-13-15-17-18-20-21-23-25-27-29-31-36(44)51-33-35(34-52-43-40(48)38(46)39(47)41(54-43)42(49)50)53-37(45)32-30-28-26-24-22-19-16-14-12-10-8-6-4-2/h5,7,11,13,17-18,21,23,35,38-41,43,46-48H,3-4,6,8-10,12,14-16,19-20,22,24-34H2,1-2H3,(H,49,50)/b7-5-,13-11-,18-17-,23-21-. The molecule has 310 valence electrons. The number of aliphatic carboxylic acids is 1. The molecular weight excluding hydrogens is 692 g/mol. The Hall–Kier alpha value is -2.83. The Kier molecular flexibility index (Phi) is 30.5. The highest BCUT2D eigenvalue weighted by molar-refractivity contribution is 5.73. The number of ether oxygens (including phenoxy) is 4. The third-order valence-electron chi connectivity index (χ3n) is 9.19. The van der Waals surface area contributed by atoms with Gasteiger partial charge in [0.2, 0.25) is 0 Å². The van der Waals surface area contributed by atoms with Crippen LogP contribution in [0.4, 0.5) is 0 Å². The number of aliphatic hydroxyl groups excluding tert-OH is 3. The monoisotopic (exact) mass is 765 g/mol. The molecule has 1 fully saturated rings. The first-order chi connectivity index (χ1) is 26.2. The lowest BCUT2D eigenvalue weighted by atomic mass is 9.99. The van der Waals surface area contributed by atoms with E-state index in [0.29, 0.717) is 12.8 Å². The second kappa shape index (κ2) is 33.5. The van der Waals surface area contributed by atoms with E-state index >= 15 is 0 Å². The van der Waals surface area contributed by atoms with Crippen molar-refractivity contribution in [1.82, 2.24) is 0 Å². The van der Waals surface area contributed by atoms with E-state index in [1.807, 2.05) is 0 Å². The van der Waals surface area contributed by atoms with Crippen molar-refractivity contribution in [3.63, 3.8) is 0 Å². The van der Waals surface area contributed by atoms with Gasteiger partial charge >= 0.3 is 17.9 Å². The fourth-order valence-corrected chi connectivity index (χ4v) is 5.93.